The van der Waals surface area contributed by atoms with E-state index in [4.69, 9.17) is 15.2 Å². The summed E-state index contributed by atoms with van der Waals surface area (Å²) in [6.07, 6.45) is 0.292. The monoisotopic (exact) mass is 300 g/mol. The largest absolute Gasteiger partial charge is 0.491 e. The summed E-state index contributed by atoms with van der Waals surface area (Å²) in [4.78, 5) is 11.7. The Morgan fingerprint density at radius 2 is 1.82 bits per heavy atom. The van der Waals surface area contributed by atoms with Gasteiger partial charge in [0.15, 0.2) is 0 Å². The summed E-state index contributed by atoms with van der Waals surface area (Å²) in [6.45, 7) is 1.26. The molecule has 0 bridgehead atoms. The van der Waals surface area contributed by atoms with Crippen molar-refractivity contribution in [3.8, 4) is 5.75 Å². The molecule has 2 aromatic rings. The van der Waals surface area contributed by atoms with Crippen LogP contribution in [-0.4, -0.2) is 25.7 Å². The smallest absolute Gasteiger partial charge is 0.226 e. The van der Waals surface area contributed by atoms with Gasteiger partial charge in [-0.15, -0.1) is 0 Å². The quantitative estimate of drug-likeness (QED) is 0.580. The van der Waals surface area contributed by atoms with Gasteiger partial charge < -0.3 is 20.5 Å². The first-order chi connectivity index (χ1) is 10.7. The molecule has 0 radical (unpaired) electrons. The number of rotatable bonds is 8. The number of hydrogen-bond donors (Lipinski definition) is 2. The van der Waals surface area contributed by atoms with E-state index in [9.17, 15) is 4.79 Å². The molecule has 0 spiro atoms. The van der Waals surface area contributed by atoms with Crippen LogP contribution in [-0.2, 0) is 9.53 Å². The Kier molecular flexibility index (Phi) is 6.26. The van der Waals surface area contributed by atoms with Crippen molar-refractivity contribution in [1.29, 1.82) is 0 Å². The standard InChI is InChI=1S/C17H20N2O3/c18-14-5-4-6-15(13-14)19-17(20)9-10-21-11-12-22-16-7-2-1-3-8-16/h1-8,13H,9-12,18H2,(H,19,20). The average molecular weight is 300 g/mol. The second kappa shape index (κ2) is 8.69. The van der Waals surface area contributed by atoms with Gasteiger partial charge in [-0.25, -0.2) is 0 Å². The Balaban J connectivity index is 1.56. The Morgan fingerprint density at radius 1 is 1.00 bits per heavy atom. The minimum absolute atomic E-state index is 0.102. The molecule has 2 aromatic carbocycles. The van der Waals surface area contributed by atoms with Crippen LogP contribution in [0.1, 0.15) is 6.42 Å². The molecule has 2 rings (SSSR count). The average Bonchev–Trinajstić information content (AvgIpc) is 2.52. The lowest BCUT2D eigenvalue weighted by atomic mass is 10.3. The summed E-state index contributed by atoms with van der Waals surface area (Å²) in [5.74, 6) is 0.708. The third-order valence-electron chi connectivity index (χ3n) is 2.88. The second-order valence-corrected chi connectivity index (χ2v) is 4.70. The molecule has 0 saturated carbocycles. The van der Waals surface area contributed by atoms with Crippen LogP contribution in [0.3, 0.4) is 0 Å². The van der Waals surface area contributed by atoms with Crippen LogP contribution in [0, 0.1) is 0 Å². The Labute approximate surface area is 130 Å². The van der Waals surface area contributed by atoms with Crippen molar-refractivity contribution in [3.05, 3.63) is 54.6 Å². The number of carbonyl (C=O) groups excluding carboxylic acids is 1. The molecule has 0 unspecified atom stereocenters. The van der Waals surface area contributed by atoms with E-state index in [0.29, 0.717) is 37.6 Å². The van der Waals surface area contributed by atoms with E-state index in [2.05, 4.69) is 5.32 Å². The third-order valence-corrected chi connectivity index (χ3v) is 2.88. The predicted molar refractivity (Wildman–Crippen MR) is 86.9 cm³/mol. The van der Waals surface area contributed by atoms with Crippen LogP contribution in [0.5, 0.6) is 5.75 Å². The maximum Gasteiger partial charge on any atom is 0.226 e. The van der Waals surface area contributed by atoms with Crippen LogP contribution in [0.25, 0.3) is 0 Å². The van der Waals surface area contributed by atoms with Gasteiger partial charge in [0.05, 0.1) is 19.6 Å². The first kappa shape index (κ1) is 15.9. The van der Waals surface area contributed by atoms with Gasteiger partial charge in [0.1, 0.15) is 12.4 Å². The zero-order valence-corrected chi connectivity index (χ0v) is 12.3. The summed E-state index contributed by atoms with van der Waals surface area (Å²) >= 11 is 0. The second-order valence-electron chi connectivity index (χ2n) is 4.70. The molecule has 3 N–H and O–H groups in total. The number of nitrogens with one attached hydrogen (secondary N) is 1. The van der Waals surface area contributed by atoms with Gasteiger partial charge >= 0.3 is 0 Å². The molecule has 5 nitrogen and oxygen atoms in total. The van der Waals surface area contributed by atoms with Crippen molar-refractivity contribution in [3.63, 3.8) is 0 Å². The van der Waals surface area contributed by atoms with Gasteiger partial charge in [0.2, 0.25) is 5.91 Å². The number of benzene rings is 2. The summed E-state index contributed by atoms with van der Waals surface area (Å²) < 4.78 is 10.9. The number of ether oxygens (including phenoxy) is 2. The first-order valence-electron chi connectivity index (χ1n) is 7.15. The Bertz CT molecular complexity index is 587. The summed E-state index contributed by atoms with van der Waals surface area (Å²) in [5, 5.41) is 2.77. The van der Waals surface area contributed by atoms with Crippen LogP contribution in [0.15, 0.2) is 54.6 Å². The molecule has 1 amide bonds. The number of anilines is 2. The molecule has 0 saturated heterocycles. The van der Waals surface area contributed by atoms with Crippen molar-refractivity contribution in [2.45, 2.75) is 6.42 Å². The number of hydrogen-bond acceptors (Lipinski definition) is 4. The number of nitrogens with two attached hydrogens (primary N) is 1. The van der Waals surface area contributed by atoms with Crippen LogP contribution >= 0.6 is 0 Å². The molecule has 0 atom stereocenters. The Morgan fingerprint density at radius 3 is 2.59 bits per heavy atom. The predicted octanol–water partition coefficient (Wildman–Crippen LogP) is 2.69. The van der Waals surface area contributed by atoms with Crippen molar-refractivity contribution < 1.29 is 14.3 Å². The van der Waals surface area contributed by atoms with Gasteiger partial charge in [-0.3, -0.25) is 4.79 Å². The zero-order chi connectivity index (χ0) is 15.6. The maximum absolute atomic E-state index is 11.7. The van der Waals surface area contributed by atoms with Crippen LogP contribution < -0.4 is 15.8 Å². The molecule has 0 aliphatic rings. The molecule has 0 fully saturated rings. The van der Waals surface area contributed by atoms with Crippen molar-refractivity contribution in [2.24, 2.45) is 0 Å². The van der Waals surface area contributed by atoms with E-state index in [1.165, 1.54) is 0 Å². The van der Waals surface area contributed by atoms with Gasteiger partial charge in [0, 0.05) is 11.4 Å². The van der Waals surface area contributed by atoms with Gasteiger partial charge in [0.25, 0.3) is 0 Å². The minimum atomic E-state index is -0.102. The van der Waals surface area contributed by atoms with E-state index in [1.54, 1.807) is 24.3 Å². The molecule has 22 heavy (non-hydrogen) atoms. The zero-order valence-electron chi connectivity index (χ0n) is 12.3. The lowest BCUT2D eigenvalue weighted by molar-refractivity contribution is -0.117. The number of amides is 1. The van der Waals surface area contributed by atoms with E-state index < -0.39 is 0 Å². The van der Waals surface area contributed by atoms with Crippen molar-refractivity contribution in [1.82, 2.24) is 0 Å². The van der Waals surface area contributed by atoms with Gasteiger partial charge in [-0.1, -0.05) is 24.3 Å². The highest BCUT2D eigenvalue weighted by atomic mass is 16.5. The fourth-order valence-corrected chi connectivity index (χ4v) is 1.84. The van der Waals surface area contributed by atoms with E-state index >= 15 is 0 Å². The van der Waals surface area contributed by atoms with Gasteiger partial charge in [-0.05, 0) is 30.3 Å². The summed E-state index contributed by atoms with van der Waals surface area (Å²) in [7, 11) is 0. The molecule has 116 valence electrons. The highest BCUT2D eigenvalue weighted by Crippen LogP contribution is 2.12. The molecular formula is C17H20N2O3. The number of nitrogen functional groups attached to an aromatic ring is 1. The van der Waals surface area contributed by atoms with Gasteiger partial charge in [-0.2, -0.15) is 0 Å². The lowest BCUT2D eigenvalue weighted by Gasteiger charge is -2.08. The summed E-state index contributed by atoms with van der Waals surface area (Å²) in [6, 6.07) is 16.6. The minimum Gasteiger partial charge on any atom is -0.491 e. The molecule has 0 aliphatic heterocycles. The van der Waals surface area contributed by atoms with E-state index in [1.807, 2.05) is 30.3 Å². The van der Waals surface area contributed by atoms with Crippen LogP contribution in [0.2, 0.25) is 0 Å². The maximum atomic E-state index is 11.7. The first-order valence-corrected chi connectivity index (χ1v) is 7.15. The van der Waals surface area contributed by atoms with E-state index in [-0.39, 0.29) is 5.91 Å². The molecular weight excluding hydrogens is 280 g/mol. The lowest BCUT2D eigenvalue weighted by Crippen LogP contribution is -2.15. The highest BCUT2D eigenvalue weighted by Gasteiger charge is 2.02. The van der Waals surface area contributed by atoms with Crippen molar-refractivity contribution in [2.75, 3.05) is 30.9 Å². The van der Waals surface area contributed by atoms with Crippen LogP contribution in [0.4, 0.5) is 11.4 Å². The number of carbonyl (C=O) groups is 1. The number of para-hydroxylation sites is 1. The fourth-order valence-electron chi connectivity index (χ4n) is 1.84. The molecule has 0 aromatic heterocycles. The fraction of sp³-hybridized carbons (Fsp3) is 0.235. The van der Waals surface area contributed by atoms with Crippen molar-refractivity contribution >= 4 is 17.3 Å². The normalized spacial score (nSPS) is 10.2. The highest BCUT2D eigenvalue weighted by molar-refractivity contribution is 5.91. The topological polar surface area (TPSA) is 73.6 Å². The van der Waals surface area contributed by atoms with E-state index in [0.717, 1.165) is 5.75 Å². The molecule has 0 aliphatic carbocycles. The summed E-state index contributed by atoms with van der Waals surface area (Å²) in [5.41, 5.74) is 6.96. The molecule has 0 heterocycles. The Hall–Kier alpha value is -2.53. The molecule has 5 heteroatoms. The SMILES string of the molecule is Nc1cccc(NC(=O)CCOCCOc2ccccc2)c1. The third kappa shape index (κ3) is 5.85.